The van der Waals surface area contributed by atoms with Gasteiger partial charge in [0.2, 0.25) is 0 Å². The van der Waals surface area contributed by atoms with Crippen LogP contribution in [0.15, 0.2) is 60.7 Å². The predicted molar refractivity (Wildman–Crippen MR) is 120 cm³/mol. The molecule has 1 aromatic heterocycles. The molecule has 0 aliphatic heterocycles. The highest BCUT2D eigenvalue weighted by Crippen LogP contribution is 2.37. The third kappa shape index (κ3) is 5.60. The summed E-state index contributed by atoms with van der Waals surface area (Å²) in [6.45, 7) is 6.26. The molecule has 0 bridgehead atoms. The molecule has 7 heteroatoms. The van der Waals surface area contributed by atoms with Crippen LogP contribution in [0.1, 0.15) is 40.4 Å². The van der Waals surface area contributed by atoms with Gasteiger partial charge in [0, 0.05) is 23.4 Å². The fraction of sp³-hybridized carbons (Fsp3) is 0.208. The third-order valence-corrected chi connectivity index (χ3v) is 4.33. The summed E-state index contributed by atoms with van der Waals surface area (Å²) in [6, 6.07) is 17.4. The summed E-state index contributed by atoms with van der Waals surface area (Å²) in [5, 5.41) is 5.69. The van der Waals surface area contributed by atoms with Crippen LogP contribution in [-0.2, 0) is 0 Å². The average Bonchev–Trinajstić information content (AvgIpc) is 2.77. The first-order valence-electron chi connectivity index (χ1n) is 10.1. The van der Waals surface area contributed by atoms with E-state index >= 15 is 0 Å². The van der Waals surface area contributed by atoms with Crippen LogP contribution in [0.5, 0.6) is 11.5 Å². The molecule has 2 amide bonds. The number of rotatable bonds is 8. The van der Waals surface area contributed by atoms with Crippen LogP contribution in [0.25, 0.3) is 0 Å². The summed E-state index contributed by atoms with van der Waals surface area (Å²) in [6.07, 6.45) is 0. The van der Waals surface area contributed by atoms with Crippen molar-refractivity contribution in [2.24, 2.45) is 0 Å². The number of aromatic nitrogens is 1. The molecule has 0 atom stereocenters. The number of carbonyl (C=O) groups is 2. The van der Waals surface area contributed by atoms with E-state index in [1.165, 1.54) is 0 Å². The summed E-state index contributed by atoms with van der Waals surface area (Å²) in [5.74, 6) is 0.191. The SMILES string of the molecule is CCOc1cc(NC(=O)c2cccc(C)n2)c(OCC)cc1NC(=O)c1ccccc1. The summed E-state index contributed by atoms with van der Waals surface area (Å²) in [4.78, 5) is 29.6. The van der Waals surface area contributed by atoms with Gasteiger partial charge in [0.05, 0.1) is 24.6 Å². The molecule has 3 rings (SSSR count). The van der Waals surface area contributed by atoms with Crippen LogP contribution < -0.4 is 20.1 Å². The summed E-state index contributed by atoms with van der Waals surface area (Å²) >= 11 is 0. The Hall–Kier alpha value is -3.87. The first-order chi connectivity index (χ1) is 15.0. The summed E-state index contributed by atoms with van der Waals surface area (Å²) in [5.41, 5.74) is 2.43. The maximum absolute atomic E-state index is 12.7. The van der Waals surface area contributed by atoms with Gasteiger partial charge < -0.3 is 20.1 Å². The fourth-order valence-corrected chi connectivity index (χ4v) is 2.95. The average molecular weight is 419 g/mol. The molecule has 0 saturated heterocycles. The zero-order valence-electron chi connectivity index (χ0n) is 17.8. The van der Waals surface area contributed by atoms with Crippen molar-refractivity contribution in [1.82, 2.24) is 4.98 Å². The van der Waals surface area contributed by atoms with Crippen molar-refractivity contribution in [2.75, 3.05) is 23.8 Å². The van der Waals surface area contributed by atoms with Gasteiger partial charge in [0.1, 0.15) is 17.2 Å². The van der Waals surface area contributed by atoms with Crippen LogP contribution in [0.3, 0.4) is 0 Å². The van der Waals surface area contributed by atoms with E-state index in [-0.39, 0.29) is 11.8 Å². The molecule has 31 heavy (non-hydrogen) atoms. The topological polar surface area (TPSA) is 89.6 Å². The molecule has 2 N–H and O–H groups in total. The van der Waals surface area contributed by atoms with Crippen LogP contribution in [0.2, 0.25) is 0 Å². The van der Waals surface area contributed by atoms with E-state index in [0.29, 0.717) is 47.3 Å². The normalized spacial score (nSPS) is 10.3. The minimum atomic E-state index is -0.367. The van der Waals surface area contributed by atoms with Gasteiger partial charge in [0.15, 0.2) is 0 Å². The minimum Gasteiger partial charge on any atom is -0.492 e. The maximum atomic E-state index is 12.7. The van der Waals surface area contributed by atoms with Crippen LogP contribution in [-0.4, -0.2) is 30.0 Å². The second-order valence-electron chi connectivity index (χ2n) is 6.65. The highest BCUT2D eigenvalue weighted by atomic mass is 16.5. The first kappa shape index (κ1) is 21.8. The van der Waals surface area contributed by atoms with Gasteiger partial charge in [0.25, 0.3) is 11.8 Å². The molecular weight excluding hydrogens is 394 g/mol. The van der Waals surface area contributed by atoms with Gasteiger partial charge in [-0.1, -0.05) is 24.3 Å². The number of nitrogens with zero attached hydrogens (tertiary/aromatic N) is 1. The Kier molecular flexibility index (Phi) is 7.22. The Labute approximate surface area is 181 Å². The fourth-order valence-electron chi connectivity index (χ4n) is 2.95. The Morgan fingerprint density at radius 1 is 0.806 bits per heavy atom. The van der Waals surface area contributed by atoms with Crippen LogP contribution in [0, 0.1) is 6.92 Å². The molecule has 0 radical (unpaired) electrons. The van der Waals surface area contributed by atoms with E-state index in [9.17, 15) is 9.59 Å². The number of pyridine rings is 1. The van der Waals surface area contributed by atoms with Gasteiger partial charge >= 0.3 is 0 Å². The molecule has 0 aliphatic carbocycles. The van der Waals surface area contributed by atoms with Crippen LogP contribution >= 0.6 is 0 Å². The van der Waals surface area contributed by atoms with Crippen molar-refractivity contribution < 1.29 is 19.1 Å². The van der Waals surface area contributed by atoms with Crippen molar-refractivity contribution in [1.29, 1.82) is 0 Å². The molecule has 0 spiro atoms. The molecule has 0 fully saturated rings. The van der Waals surface area contributed by atoms with E-state index in [2.05, 4.69) is 15.6 Å². The number of aryl methyl sites for hydroxylation is 1. The molecule has 160 valence electrons. The van der Waals surface area contributed by atoms with Crippen molar-refractivity contribution in [3.8, 4) is 11.5 Å². The largest absolute Gasteiger partial charge is 0.492 e. The summed E-state index contributed by atoms with van der Waals surface area (Å²) < 4.78 is 11.4. The molecule has 3 aromatic rings. The third-order valence-electron chi connectivity index (χ3n) is 4.33. The molecular formula is C24H25N3O4. The van der Waals surface area contributed by atoms with Gasteiger partial charge in [-0.2, -0.15) is 0 Å². The molecule has 0 aliphatic rings. The number of hydrogen-bond acceptors (Lipinski definition) is 5. The van der Waals surface area contributed by atoms with Crippen molar-refractivity contribution in [2.45, 2.75) is 20.8 Å². The quantitative estimate of drug-likeness (QED) is 0.553. The highest BCUT2D eigenvalue weighted by Gasteiger charge is 2.18. The van der Waals surface area contributed by atoms with Gasteiger partial charge in [-0.25, -0.2) is 4.98 Å². The zero-order valence-corrected chi connectivity index (χ0v) is 17.8. The Morgan fingerprint density at radius 3 is 1.94 bits per heavy atom. The number of anilines is 2. The van der Waals surface area contributed by atoms with Crippen LogP contribution in [0.4, 0.5) is 11.4 Å². The monoisotopic (exact) mass is 419 g/mol. The van der Waals surface area contributed by atoms with Crippen molar-refractivity contribution in [3.05, 3.63) is 77.6 Å². The number of nitrogens with one attached hydrogen (secondary N) is 2. The van der Waals surface area contributed by atoms with Gasteiger partial charge in [-0.05, 0) is 45.0 Å². The minimum absolute atomic E-state index is 0.273. The van der Waals surface area contributed by atoms with E-state index in [1.54, 1.807) is 48.5 Å². The molecule has 7 nitrogen and oxygen atoms in total. The predicted octanol–water partition coefficient (Wildman–Crippen LogP) is 4.69. The standard InChI is InChI=1S/C24H25N3O4/c1-4-30-21-15-20(27-24(29)18-13-9-10-16(3)25-18)22(31-5-2)14-19(21)26-23(28)17-11-7-6-8-12-17/h6-15H,4-5H2,1-3H3,(H,26,28)(H,27,29). The van der Waals surface area contributed by atoms with Crippen molar-refractivity contribution >= 4 is 23.2 Å². The first-order valence-corrected chi connectivity index (χ1v) is 10.1. The van der Waals surface area contributed by atoms with E-state index in [0.717, 1.165) is 5.69 Å². The van der Waals surface area contributed by atoms with Gasteiger partial charge in [-0.3, -0.25) is 9.59 Å². The lowest BCUT2D eigenvalue weighted by molar-refractivity contribution is 0.101. The Balaban J connectivity index is 1.93. The molecule has 2 aromatic carbocycles. The highest BCUT2D eigenvalue weighted by molar-refractivity contribution is 6.07. The lowest BCUT2D eigenvalue weighted by atomic mass is 10.2. The Bertz CT molecular complexity index is 1070. The number of benzene rings is 2. The molecule has 0 unspecified atom stereocenters. The molecule has 0 saturated carbocycles. The van der Waals surface area contributed by atoms with E-state index < -0.39 is 0 Å². The Morgan fingerprint density at radius 2 is 1.39 bits per heavy atom. The lowest BCUT2D eigenvalue weighted by Crippen LogP contribution is -2.16. The maximum Gasteiger partial charge on any atom is 0.274 e. The number of ether oxygens (including phenoxy) is 2. The van der Waals surface area contributed by atoms with E-state index in [1.807, 2.05) is 32.9 Å². The number of hydrogen-bond donors (Lipinski definition) is 2. The van der Waals surface area contributed by atoms with Crippen molar-refractivity contribution in [3.63, 3.8) is 0 Å². The number of amides is 2. The summed E-state index contributed by atoms with van der Waals surface area (Å²) in [7, 11) is 0. The second kappa shape index (κ2) is 10.2. The van der Waals surface area contributed by atoms with E-state index in [4.69, 9.17) is 9.47 Å². The second-order valence-corrected chi connectivity index (χ2v) is 6.65. The molecule has 1 heterocycles. The smallest absolute Gasteiger partial charge is 0.274 e. The number of carbonyl (C=O) groups excluding carboxylic acids is 2. The van der Waals surface area contributed by atoms with Gasteiger partial charge in [-0.15, -0.1) is 0 Å². The zero-order chi connectivity index (χ0) is 22.2. The lowest BCUT2D eigenvalue weighted by Gasteiger charge is -2.18.